The first-order chi connectivity index (χ1) is 11.4. The van der Waals surface area contributed by atoms with E-state index in [-0.39, 0.29) is 5.71 Å². The van der Waals surface area contributed by atoms with Gasteiger partial charge in [-0.3, -0.25) is 4.90 Å². The highest BCUT2D eigenvalue weighted by Gasteiger charge is 2.22. The molecule has 0 saturated heterocycles. The molecule has 0 saturated carbocycles. The third-order valence-corrected chi connectivity index (χ3v) is 4.21. The fourth-order valence-corrected chi connectivity index (χ4v) is 2.96. The number of H-pyrrole nitrogens is 1. The van der Waals surface area contributed by atoms with Crippen LogP contribution in [0.2, 0.25) is 0 Å². The van der Waals surface area contributed by atoms with Gasteiger partial charge < -0.3 is 9.72 Å². The van der Waals surface area contributed by atoms with Gasteiger partial charge in [-0.2, -0.15) is 8.42 Å². The van der Waals surface area contributed by atoms with Crippen LogP contribution >= 0.6 is 0 Å². The predicted octanol–water partition coefficient (Wildman–Crippen LogP) is 1.42. The van der Waals surface area contributed by atoms with E-state index in [0.29, 0.717) is 11.4 Å². The summed E-state index contributed by atoms with van der Waals surface area (Å²) in [6.45, 7) is 0.779. The van der Waals surface area contributed by atoms with E-state index >= 15 is 0 Å². The third-order valence-electron chi connectivity index (χ3n) is 3.41. The summed E-state index contributed by atoms with van der Waals surface area (Å²) in [4.78, 5) is 5.07. The van der Waals surface area contributed by atoms with Gasteiger partial charge in [-0.15, -0.1) is 14.7 Å². The van der Waals surface area contributed by atoms with Crippen LogP contribution in [0.4, 0.5) is 0 Å². The van der Waals surface area contributed by atoms with Crippen molar-refractivity contribution in [3.8, 4) is 17.6 Å². The summed E-state index contributed by atoms with van der Waals surface area (Å²) in [5.74, 6) is 6.89. The highest BCUT2D eigenvalue weighted by molar-refractivity contribution is 7.89. The van der Waals surface area contributed by atoms with Crippen molar-refractivity contribution < 1.29 is 13.2 Å². The molecule has 1 aromatic rings. The molecule has 0 radical (unpaired) electrons. The molecule has 0 amide bonds. The lowest BCUT2D eigenvalue weighted by Crippen LogP contribution is -2.10. The van der Waals surface area contributed by atoms with Crippen molar-refractivity contribution in [3.05, 3.63) is 17.5 Å². The second kappa shape index (κ2) is 8.13. The largest absolute Gasteiger partial charge is 0.494 e. The van der Waals surface area contributed by atoms with Crippen LogP contribution in [0.3, 0.4) is 0 Å². The van der Waals surface area contributed by atoms with Gasteiger partial charge in [0.2, 0.25) is 0 Å². The molecule has 0 atom stereocenters. The molecule has 1 aliphatic rings. The maximum Gasteiger partial charge on any atom is 0.363 e. The monoisotopic (exact) mass is 350 g/mol. The molecule has 0 bridgehead atoms. The van der Waals surface area contributed by atoms with E-state index in [4.69, 9.17) is 4.74 Å². The van der Waals surface area contributed by atoms with Crippen molar-refractivity contribution >= 4 is 22.1 Å². The minimum absolute atomic E-state index is 0.271. The summed E-state index contributed by atoms with van der Waals surface area (Å²) >= 11 is 0. The minimum Gasteiger partial charge on any atom is -0.494 e. The van der Waals surface area contributed by atoms with Crippen molar-refractivity contribution in [2.24, 2.45) is 8.80 Å². The van der Waals surface area contributed by atoms with Gasteiger partial charge in [0.1, 0.15) is 17.2 Å². The van der Waals surface area contributed by atoms with Crippen LogP contribution < -0.4 is 4.74 Å². The maximum absolute atomic E-state index is 11.3. The van der Waals surface area contributed by atoms with Gasteiger partial charge >= 0.3 is 10.2 Å². The second-order valence-electron chi connectivity index (χ2n) is 5.68. The van der Waals surface area contributed by atoms with Crippen molar-refractivity contribution in [2.75, 3.05) is 27.7 Å². The van der Waals surface area contributed by atoms with Crippen molar-refractivity contribution in [1.29, 1.82) is 0 Å². The number of rotatable bonds is 7. The normalized spacial score (nSPS) is 15.2. The van der Waals surface area contributed by atoms with Gasteiger partial charge in [-0.25, -0.2) is 0 Å². The van der Waals surface area contributed by atoms with E-state index in [9.17, 15) is 8.42 Å². The van der Waals surface area contributed by atoms with Crippen LogP contribution in [-0.2, 0) is 16.6 Å². The zero-order valence-electron chi connectivity index (χ0n) is 14.2. The minimum atomic E-state index is -3.73. The molecule has 0 aliphatic carbocycles. The van der Waals surface area contributed by atoms with E-state index in [1.165, 1.54) is 6.21 Å². The zero-order valence-corrected chi connectivity index (χ0v) is 15.0. The van der Waals surface area contributed by atoms with Crippen molar-refractivity contribution in [2.45, 2.75) is 25.7 Å². The smallest absolute Gasteiger partial charge is 0.363 e. The Labute approximate surface area is 143 Å². The Hall–Kier alpha value is -2.11. The van der Waals surface area contributed by atoms with Crippen LogP contribution in [0, 0.1) is 11.8 Å². The lowest BCUT2D eigenvalue weighted by atomic mass is 10.1. The molecule has 2 heterocycles. The van der Waals surface area contributed by atoms with E-state index in [2.05, 4.69) is 25.6 Å². The van der Waals surface area contributed by atoms with Gasteiger partial charge in [0.05, 0.1) is 19.9 Å². The van der Waals surface area contributed by atoms with Gasteiger partial charge in [0.15, 0.2) is 0 Å². The Kier molecular flexibility index (Phi) is 6.17. The Morgan fingerprint density at radius 1 is 1.29 bits per heavy atom. The summed E-state index contributed by atoms with van der Waals surface area (Å²) < 4.78 is 35.0. The fraction of sp³-hybridized carbons (Fsp3) is 0.500. The number of aromatic nitrogens is 1. The summed E-state index contributed by atoms with van der Waals surface area (Å²) in [5, 5.41) is 0. The Balaban J connectivity index is 1.93. The first kappa shape index (κ1) is 18.2. The van der Waals surface area contributed by atoms with E-state index < -0.39 is 10.2 Å². The first-order valence-electron chi connectivity index (χ1n) is 7.68. The molecule has 130 valence electrons. The number of aromatic amines is 1. The number of hydrogen-bond acceptors (Lipinski definition) is 4. The lowest BCUT2D eigenvalue weighted by molar-refractivity contribution is 0.409. The zero-order chi connectivity index (χ0) is 17.6. The standard InChI is InChI=1S/C16H22N4O3S/c1-20(2)10-8-6-4-5-7-9-13-11-17-15(16(13)23-3)14-12-18-24(21,22)19-14/h11-12,17H,4-5,7,9-10H2,1-3H3. The number of aryl methyl sites for hydroxylation is 1. The number of methoxy groups -OCH3 is 1. The summed E-state index contributed by atoms with van der Waals surface area (Å²) in [5.41, 5.74) is 1.81. The van der Waals surface area contributed by atoms with Crippen LogP contribution in [-0.4, -0.2) is 58.0 Å². The predicted molar refractivity (Wildman–Crippen MR) is 95.2 cm³/mol. The highest BCUT2D eigenvalue weighted by atomic mass is 32.2. The van der Waals surface area contributed by atoms with E-state index in [0.717, 1.165) is 37.8 Å². The Bertz CT molecular complexity index is 795. The van der Waals surface area contributed by atoms with Crippen LogP contribution in [0.1, 0.15) is 30.5 Å². The Morgan fingerprint density at radius 3 is 2.71 bits per heavy atom. The number of ether oxygens (including phenoxy) is 1. The number of nitrogens with zero attached hydrogens (tertiary/aromatic N) is 3. The first-order valence-corrected chi connectivity index (χ1v) is 9.08. The molecular formula is C16H22N4O3S. The second-order valence-corrected chi connectivity index (χ2v) is 6.97. The van der Waals surface area contributed by atoms with Crippen molar-refractivity contribution in [3.63, 3.8) is 0 Å². The molecule has 1 aliphatic heterocycles. The van der Waals surface area contributed by atoms with Crippen LogP contribution in [0.15, 0.2) is 15.0 Å². The average molecular weight is 350 g/mol. The average Bonchev–Trinajstić information content (AvgIpc) is 3.08. The fourth-order valence-electron chi connectivity index (χ4n) is 2.29. The molecule has 0 fully saturated rings. The maximum atomic E-state index is 11.3. The number of unbranched alkanes of at least 4 members (excludes halogenated alkanes) is 2. The molecule has 7 nitrogen and oxygen atoms in total. The molecule has 0 aromatic carbocycles. The third kappa shape index (κ3) is 4.94. The van der Waals surface area contributed by atoms with Crippen LogP contribution in [0.25, 0.3) is 0 Å². The SMILES string of the molecule is COc1c(CCCCC#CCN(C)C)c[nH]c1C1=NS(=O)(=O)N=C1. The summed E-state index contributed by atoms with van der Waals surface area (Å²) in [7, 11) is 1.82. The molecule has 8 heteroatoms. The lowest BCUT2D eigenvalue weighted by Gasteiger charge is -2.04. The van der Waals surface area contributed by atoms with Crippen molar-refractivity contribution in [1.82, 2.24) is 9.88 Å². The quantitative estimate of drug-likeness (QED) is 0.595. The van der Waals surface area contributed by atoms with Gasteiger partial charge in [0.25, 0.3) is 0 Å². The van der Waals surface area contributed by atoms with E-state index in [1.54, 1.807) is 7.11 Å². The van der Waals surface area contributed by atoms with Crippen LogP contribution in [0.5, 0.6) is 5.75 Å². The van der Waals surface area contributed by atoms with Gasteiger partial charge in [-0.1, -0.05) is 5.92 Å². The molecule has 1 N–H and O–H groups in total. The Morgan fingerprint density at radius 2 is 2.08 bits per heavy atom. The molecule has 24 heavy (non-hydrogen) atoms. The molecule has 1 aromatic heterocycles. The highest BCUT2D eigenvalue weighted by Crippen LogP contribution is 2.27. The number of nitrogens with one attached hydrogen (secondary N) is 1. The van der Waals surface area contributed by atoms with E-state index in [1.807, 2.05) is 25.2 Å². The van der Waals surface area contributed by atoms with Gasteiger partial charge in [-0.05, 0) is 33.4 Å². The number of hydrogen-bond donors (Lipinski definition) is 1. The summed E-state index contributed by atoms with van der Waals surface area (Å²) in [6, 6.07) is 0. The molecule has 2 rings (SSSR count). The van der Waals surface area contributed by atoms with Gasteiger partial charge in [0, 0.05) is 18.2 Å². The molecule has 0 spiro atoms. The summed E-state index contributed by atoms with van der Waals surface area (Å²) in [6.07, 6.45) is 6.72. The topological polar surface area (TPSA) is 87.1 Å². The molecular weight excluding hydrogens is 328 g/mol. The molecule has 0 unspecified atom stereocenters.